The van der Waals surface area contributed by atoms with Gasteiger partial charge in [0.15, 0.2) is 5.78 Å². The van der Waals surface area contributed by atoms with Crippen LogP contribution in [0.1, 0.15) is 15.9 Å². The molecule has 0 fully saturated rings. The Labute approximate surface area is 202 Å². The average Bonchev–Trinajstić information content (AvgIpc) is 3.26. The van der Waals surface area contributed by atoms with Crippen LogP contribution in [-0.4, -0.2) is 10.4 Å². The number of hydrogen-bond donors (Lipinski definition) is 0. The summed E-state index contributed by atoms with van der Waals surface area (Å²) in [5.41, 5.74) is 4.82. The van der Waals surface area contributed by atoms with E-state index in [1.165, 1.54) is 10.8 Å². The van der Waals surface area contributed by atoms with E-state index in [4.69, 9.17) is 0 Å². The average molecular weight is 448 g/mol. The highest BCUT2D eigenvalue weighted by Gasteiger charge is 2.17. The Bertz CT molecular complexity index is 1800. The van der Waals surface area contributed by atoms with Gasteiger partial charge >= 0.3 is 0 Å². The number of carbonyl (C=O) groups is 1. The number of carbonyl (C=O) groups excluding carboxylic acids is 1. The lowest BCUT2D eigenvalue weighted by Crippen LogP contribution is -2.04. The summed E-state index contributed by atoms with van der Waals surface area (Å²) in [6.07, 6.45) is 0. The number of rotatable bonds is 3. The fourth-order valence-electron chi connectivity index (χ4n) is 5.37. The van der Waals surface area contributed by atoms with Crippen LogP contribution in [0.2, 0.25) is 0 Å². The van der Waals surface area contributed by atoms with E-state index < -0.39 is 0 Å². The maximum absolute atomic E-state index is 13.9. The molecule has 0 amide bonds. The van der Waals surface area contributed by atoms with E-state index in [0.717, 1.165) is 43.8 Å². The van der Waals surface area contributed by atoms with Crippen LogP contribution in [0.15, 0.2) is 127 Å². The predicted molar refractivity (Wildman–Crippen MR) is 146 cm³/mol. The fraction of sp³-hybridized carbons (Fsp3) is 0. The molecule has 7 aromatic rings. The molecule has 0 N–H and O–H groups in total. The van der Waals surface area contributed by atoms with Crippen molar-refractivity contribution in [2.24, 2.45) is 0 Å². The number of fused-ring (bicyclic) bond motifs is 5. The molecular formula is C33H21NO. The van der Waals surface area contributed by atoms with Gasteiger partial charge in [-0.1, -0.05) is 84.9 Å². The summed E-state index contributed by atoms with van der Waals surface area (Å²) in [7, 11) is 0. The minimum absolute atomic E-state index is 0.0479. The second kappa shape index (κ2) is 7.68. The van der Waals surface area contributed by atoms with Gasteiger partial charge in [-0.05, 0) is 64.0 Å². The minimum Gasteiger partial charge on any atom is -0.309 e. The van der Waals surface area contributed by atoms with Gasteiger partial charge in [-0.3, -0.25) is 4.79 Å². The third-order valence-electron chi connectivity index (χ3n) is 6.97. The van der Waals surface area contributed by atoms with Gasteiger partial charge in [0, 0.05) is 27.6 Å². The molecule has 35 heavy (non-hydrogen) atoms. The molecule has 164 valence electrons. The minimum atomic E-state index is 0.0479. The molecule has 0 aliphatic rings. The van der Waals surface area contributed by atoms with E-state index in [9.17, 15) is 4.79 Å². The molecule has 0 radical (unpaired) electrons. The maximum atomic E-state index is 13.9. The number of hydrogen-bond acceptors (Lipinski definition) is 1. The first-order valence-electron chi connectivity index (χ1n) is 11.8. The third kappa shape index (κ3) is 3.00. The predicted octanol–water partition coefficient (Wildman–Crippen LogP) is 8.32. The van der Waals surface area contributed by atoms with Gasteiger partial charge in [-0.2, -0.15) is 0 Å². The Kier molecular flexibility index (Phi) is 4.33. The van der Waals surface area contributed by atoms with Crippen molar-refractivity contribution in [2.45, 2.75) is 0 Å². The molecule has 0 spiro atoms. The van der Waals surface area contributed by atoms with E-state index in [0.29, 0.717) is 5.56 Å². The number of ketones is 1. The standard InChI is InChI=1S/C33H21NO/c35-33(32-26-11-3-1-9-23(26)21-24-10-2-4-12-27(24)32)22-17-19-25(20-18-22)34-30-15-7-5-13-28(30)29-14-6-8-16-31(29)34/h1-21H. The SMILES string of the molecule is O=C(c1ccc(-n2c3ccccc3c3ccccc32)cc1)c1c2ccccc2cc2ccccc12. The Balaban J connectivity index is 1.40. The van der Waals surface area contributed by atoms with Crippen molar-refractivity contribution in [3.8, 4) is 5.69 Å². The second-order valence-electron chi connectivity index (χ2n) is 8.94. The van der Waals surface area contributed by atoms with Crippen LogP contribution in [-0.2, 0) is 0 Å². The Morgan fingerprint density at radius 2 is 0.943 bits per heavy atom. The van der Waals surface area contributed by atoms with Crippen molar-refractivity contribution in [3.05, 3.63) is 139 Å². The molecular weight excluding hydrogens is 426 g/mol. The van der Waals surface area contributed by atoms with Crippen LogP contribution >= 0.6 is 0 Å². The first kappa shape index (κ1) is 19.7. The van der Waals surface area contributed by atoms with Crippen molar-refractivity contribution >= 4 is 49.1 Å². The van der Waals surface area contributed by atoms with Crippen molar-refractivity contribution in [2.75, 3.05) is 0 Å². The zero-order chi connectivity index (χ0) is 23.4. The molecule has 0 bridgehead atoms. The van der Waals surface area contributed by atoms with Gasteiger partial charge in [0.05, 0.1) is 11.0 Å². The van der Waals surface area contributed by atoms with Crippen LogP contribution in [0.3, 0.4) is 0 Å². The fourth-order valence-corrected chi connectivity index (χ4v) is 5.37. The highest BCUT2D eigenvalue weighted by atomic mass is 16.1. The summed E-state index contributed by atoms with van der Waals surface area (Å²) in [5.74, 6) is 0.0479. The molecule has 0 saturated heterocycles. The van der Waals surface area contributed by atoms with E-state index in [-0.39, 0.29) is 5.78 Å². The van der Waals surface area contributed by atoms with Gasteiger partial charge in [0.2, 0.25) is 0 Å². The van der Waals surface area contributed by atoms with Gasteiger partial charge in [0.25, 0.3) is 0 Å². The molecule has 0 saturated carbocycles. The van der Waals surface area contributed by atoms with Gasteiger partial charge in [0.1, 0.15) is 0 Å². The smallest absolute Gasteiger partial charge is 0.194 e. The lowest BCUT2D eigenvalue weighted by Gasteiger charge is -2.12. The highest BCUT2D eigenvalue weighted by Crippen LogP contribution is 2.33. The summed E-state index contributed by atoms with van der Waals surface area (Å²) in [4.78, 5) is 13.9. The van der Waals surface area contributed by atoms with Gasteiger partial charge < -0.3 is 4.57 Å². The normalized spacial score (nSPS) is 11.5. The first-order valence-corrected chi connectivity index (χ1v) is 11.8. The zero-order valence-electron chi connectivity index (χ0n) is 19.0. The van der Waals surface area contributed by atoms with E-state index in [1.807, 2.05) is 48.5 Å². The van der Waals surface area contributed by atoms with Crippen LogP contribution < -0.4 is 0 Å². The van der Waals surface area contributed by atoms with Crippen LogP contribution in [0.25, 0.3) is 49.0 Å². The summed E-state index contributed by atoms with van der Waals surface area (Å²) >= 11 is 0. The third-order valence-corrected chi connectivity index (χ3v) is 6.97. The zero-order valence-corrected chi connectivity index (χ0v) is 19.0. The van der Waals surface area contributed by atoms with E-state index in [2.05, 4.69) is 83.4 Å². The highest BCUT2D eigenvalue weighted by molar-refractivity contribution is 6.24. The first-order chi connectivity index (χ1) is 17.3. The number of nitrogens with zero attached hydrogens (tertiary/aromatic N) is 1. The largest absolute Gasteiger partial charge is 0.309 e. The van der Waals surface area contributed by atoms with Crippen molar-refractivity contribution in [3.63, 3.8) is 0 Å². The summed E-state index contributed by atoms with van der Waals surface area (Å²) < 4.78 is 2.27. The maximum Gasteiger partial charge on any atom is 0.194 e. The molecule has 0 atom stereocenters. The van der Waals surface area contributed by atoms with Crippen molar-refractivity contribution in [1.29, 1.82) is 0 Å². The molecule has 0 aliphatic heterocycles. The van der Waals surface area contributed by atoms with Crippen LogP contribution in [0, 0.1) is 0 Å². The van der Waals surface area contributed by atoms with Gasteiger partial charge in [-0.25, -0.2) is 0 Å². The number of para-hydroxylation sites is 2. The van der Waals surface area contributed by atoms with E-state index >= 15 is 0 Å². The molecule has 1 heterocycles. The lowest BCUT2D eigenvalue weighted by molar-refractivity contribution is 0.104. The molecule has 0 unspecified atom stereocenters. The second-order valence-corrected chi connectivity index (χ2v) is 8.94. The van der Waals surface area contributed by atoms with Crippen molar-refractivity contribution in [1.82, 2.24) is 4.57 Å². The van der Waals surface area contributed by atoms with Crippen molar-refractivity contribution < 1.29 is 4.79 Å². The molecule has 0 aliphatic carbocycles. The molecule has 2 nitrogen and oxygen atoms in total. The van der Waals surface area contributed by atoms with E-state index in [1.54, 1.807) is 0 Å². The molecule has 2 heteroatoms. The quantitative estimate of drug-likeness (QED) is 0.197. The molecule has 1 aromatic heterocycles. The van der Waals surface area contributed by atoms with Crippen LogP contribution in [0.4, 0.5) is 0 Å². The Morgan fingerprint density at radius 1 is 0.486 bits per heavy atom. The summed E-state index contributed by atoms with van der Waals surface area (Å²) in [6, 6.07) is 43.4. The Morgan fingerprint density at radius 3 is 1.49 bits per heavy atom. The number of benzene rings is 6. The topological polar surface area (TPSA) is 22.0 Å². The monoisotopic (exact) mass is 447 g/mol. The lowest BCUT2D eigenvalue weighted by atomic mass is 9.91. The van der Waals surface area contributed by atoms with Gasteiger partial charge in [-0.15, -0.1) is 0 Å². The Hall–Kier alpha value is -4.69. The summed E-state index contributed by atoms with van der Waals surface area (Å²) in [6.45, 7) is 0. The molecule has 7 rings (SSSR count). The summed E-state index contributed by atoms with van der Waals surface area (Å²) in [5, 5.41) is 6.59. The molecule has 6 aromatic carbocycles. The number of aromatic nitrogens is 1. The van der Waals surface area contributed by atoms with Crippen LogP contribution in [0.5, 0.6) is 0 Å².